The third-order valence-electron chi connectivity index (χ3n) is 3.78. The number of nitrogens with one attached hydrogen (secondary N) is 1. The summed E-state index contributed by atoms with van der Waals surface area (Å²) < 4.78 is 26.6. The minimum atomic E-state index is -3.20. The number of nitrogens with zero attached hydrogens (tertiary/aromatic N) is 1. The first-order valence-electron chi connectivity index (χ1n) is 7.05. The molecule has 0 radical (unpaired) electrons. The molecule has 0 saturated heterocycles. The second kappa shape index (κ2) is 7.38. The lowest BCUT2D eigenvalue weighted by molar-refractivity contribution is 0.361. The fraction of sp³-hybridized carbons (Fsp3) is 0.643. The van der Waals surface area contributed by atoms with Gasteiger partial charge in [0.1, 0.15) is 0 Å². The van der Waals surface area contributed by atoms with Gasteiger partial charge >= 0.3 is 0 Å². The number of aryl methyl sites for hydroxylation is 1. The molecule has 112 valence electrons. The average Bonchev–Trinajstić information content (AvgIpc) is 2.46. The molecule has 4 nitrogen and oxygen atoms in total. The van der Waals surface area contributed by atoms with Gasteiger partial charge in [-0.3, -0.25) is 4.98 Å². The van der Waals surface area contributed by atoms with Gasteiger partial charge in [0, 0.05) is 24.3 Å². The minimum absolute atomic E-state index is 0.127. The summed E-state index contributed by atoms with van der Waals surface area (Å²) in [6, 6.07) is 3.69. The van der Waals surface area contributed by atoms with Crippen LogP contribution >= 0.6 is 11.6 Å². The van der Waals surface area contributed by atoms with Gasteiger partial charge in [0.15, 0.2) is 0 Å². The van der Waals surface area contributed by atoms with Crippen LogP contribution in [-0.4, -0.2) is 31.1 Å². The molecule has 0 aromatic carbocycles. The standard InChI is InChI=1S/C14H21ClN2O2S/c15-14-3-1-13(2-4-14)11-17-20(18,19)10-7-12-5-8-16-9-6-12/h5-6,8-9,13-14,17H,1-4,7,10-11H2. The Morgan fingerprint density at radius 3 is 2.50 bits per heavy atom. The molecule has 1 N–H and O–H groups in total. The van der Waals surface area contributed by atoms with E-state index in [1.165, 1.54) is 0 Å². The molecule has 20 heavy (non-hydrogen) atoms. The molecule has 1 fully saturated rings. The van der Waals surface area contributed by atoms with E-state index in [2.05, 4.69) is 9.71 Å². The maximum atomic E-state index is 12.0. The first-order valence-corrected chi connectivity index (χ1v) is 9.14. The summed E-state index contributed by atoms with van der Waals surface area (Å²) in [5.74, 6) is 0.558. The zero-order valence-electron chi connectivity index (χ0n) is 11.5. The molecule has 6 heteroatoms. The Morgan fingerprint density at radius 1 is 1.20 bits per heavy atom. The summed E-state index contributed by atoms with van der Waals surface area (Å²) in [6.07, 6.45) is 7.89. The highest BCUT2D eigenvalue weighted by Crippen LogP contribution is 2.27. The second-order valence-electron chi connectivity index (χ2n) is 5.39. The number of aromatic nitrogens is 1. The maximum Gasteiger partial charge on any atom is 0.211 e. The number of hydrogen-bond donors (Lipinski definition) is 1. The van der Waals surface area contributed by atoms with Gasteiger partial charge in [-0.25, -0.2) is 13.1 Å². The number of halogens is 1. The van der Waals surface area contributed by atoms with Gasteiger partial charge in [-0.15, -0.1) is 11.6 Å². The predicted molar refractivity (Wildman–Crippen MR) is 81.3 cm³/mol. The Bertz CT molecular complexity index is 499. The summed E-state index contributed by atoms with van der Waals surface area (Å²) in [5.41, 5.74) is 0.994. The fourth-order valence-corrected chi connectivity index (χ4v) is 3.83. The Hall–Kier alpha value is -0.650. The molecular weight excluding hydrogens is 296 g/mol. The largest absolute Gasteiger partial charge is 0.265 e. The first-order chi connectivity index (χ1) is 9.55. The van der Waals surface area contributed by atoms with E-state index >= 15 is 0 Å². The van der Waals surface area contributed by atoms with Crippen LogP contribution in [0.25, 0.3) is 0 Å². The number of hydrogen-bond acceptors (Lipinski definition) is 3. The van der Waals surface area contributed by atoms with Gasteiger partial charge in [0.05, 0.1) is 5.75 Å². The van der Waals surface area contributed by atoms with Crippen molar-refractivity contribution in [3.8, 4) is 0 Å². The third kappa shape index (κ3) is 5.38. The van der Waals surface area contributed by atoms with Crippen LogP contribution in [0.1, 0.15) is 31.2 Å². The van der Waals surface area contributed by atoms with Crippen LogP contribution in [0.2, 0.25) is 0 Å². The minimum Gasteiger partial charge on any atom is -0.265 e. The van der Waals surface area contributed by atoms with Crippen LogP contribution < -0.4 is 4.72 Å². The molecule has 0 aliphatic heterocycles. The monoisotopic (exact) mass is 316 g/mol. The Balaban J connectivity index is 1.74. The van der Waals surface area contributed by atoms with Crippen molar-refractivity contribution in [2.75, 3.05) is 12.3 Å². The molecule has 2 rings (SSSR count). The topological polar surface area (TPSA) is 59.1 Å². The Labute approximate surface area is 126 Å². The van der Waals surface area contributed by atoms with Crippen LogP contribution in [0.4, 0.5) is 0 Å². The Kier molecular flexibility index (Phi) is 5.81. The van der Waals surface area contributed by atoms with Crippen molar-refractivity contribution in [1.82, 2.24) is 9.71 Å². The van der Waals surface area contributed by atoms with Crippen LogP contribution in [-0.2, 0) is 16.4 Å². The molecular formula is C14H21ClN2O2S. The van der Waals surface area contributed by atoms with E-state index in [1.54, 1.807) is 12.4 Å². The molecule has 0 unspecified atom stereocenters. The molecule has 0 atom stereocenters. The zero-order valence-corrected chi connectivity index (χ0v) is 13.0. The highest BCUT2D eigenvalue weighted by Gasteiger charge is 2.21. The van der Waals surface area contributed by atoms with Crippen LogP contribution in [0.3, 0.4) is 0 Å². The van der Waals surface area contributed by atoms with Crippen molar-refractivity contribution < 1.29 is 8.42 Å². The van der Waals surface area contributed by atoms with Crippen LogP contribution in [0.15, 0.2) is 24.5 Å². The van der Waals surface area contributed by atoms with Crippen molar-refractivity contribution in [2.24, 2.45) is 5.92 Å². The molecule has 0 bridgehead atoms. The molecule has 0 spiro atoms. The summed E-state index contributed by atoms with van der Waals surface area (Å²) in [4.78, 5) is 3.92. The number of sulfonamides is 1. The number of rotatable bonds is 6. The van der Waals surface area contributed by atoms with Crippen LogP contribution in [0, 0.1) is 5.92 Å². The molecule has 0 amide bonds. The van der Waals surface area contributed by atoms with Crippen molar-refractivity contribution in [3.63, 3.8) is 0 Å². The quantitative estimate of drug-likeness (QED) is 0.820. The summed E-state index contributed by atoms with van der Waals surface area (Å²) >= 11 is 6.05. The van der Waals surface area contributed by atoms with E-state index in [1.807, 2.05) is 12.1 Å². The lowest BCUT2D eigenvalue weighted by atomic mass is 9.89. The molecule has 1 heterocycles. The number of alkyl halides is 1. The predicted octanol–water partition coefficient (Wildman–Crippen LogP) is 2.34. The number of pyridine rings is 1. The van der Waals surface area contributed by atoms with Crippen molar-refractivity contribution in [3.05, 3.63) is 30.1 Å². The molecule has 1 aromatic heterocycles. The van der Waals surface area contributed by atoms with Crippen LogP contribution in [0.5, 0.6) is 0 Å². The van der Waals surface area contributed by atoms with Gasteiger partial charge in [0.2, 0.25) is 10.0 Å². The van der Waals surface area contributed by atoms with E-state index in [0.29, 0.717) is 18.9 Å². The van der Waals surface area contributed by atoms with Gasteiger partial charge in [-0.2, -0.15) is 0 Å². The SMILES string of the molecule is O=S(=O)(CCc1ccncc1)NCC1CCC(Cl)CC1. The maximum absolute atomic E-state index is 12.0. The summed E-state index contributed by atoms with van der Waals surface area (Å²) in [6.45, 7) is 0.544. The Morgan fingerprint density at radius 2 is 1.85 bits per heavy atom. The van der Waals surface area contributed by atoms with E-state index < -0.39 is 10.0 Å². The molecule has 1 aromatic rings. The summed E-state index contributed by atoms with van der Waals surface area (Å²) in [5, 5.41) is 0.273. The average molecular weight is 317 g/mol. The highest BCUT2D eigenvalue weighted by molar-refractivity contribution is 7.89. The smallest absolute Gasteiger partial charge is 0.211 e. The lowest BCUT2D eigenvalue weighted by Crippen LogP contribution is -2.33. The van der Waals surface area contributed by atoms with Crippen molar-refractivity contribution in [1.29, 1.82) is 0 Å². The zero-order chi connectivity index (χ0) is 14.4. The molecule has 1 saturated carbocycles. The molecule has 1 aliphatic rings. The van der Waals surface area contributed by atoms with Gasteiger partial charge < -0.3 is 0 Å². The molecule has 1 aliphatic carbocycles. The first kappa shape index (κ1) is 15.7. The van der Waals surface area contributed by atoms with Gasteiger partial charge in [-0.05, 0) is 55.7 Å². The normalized spacial score (nSPS) is 23.6. The van der Waals surface area contributed by atoms with Crippen molar-refractivity contribution >= 4 is 21.6 Å². The van der Waals surface area contributed by atoms with Gasteiger partial charge in [0.25, 0.3) is 0 Å². The van der Waals surface area contributed by atoms with E-state index in [9.17, 15) is 8.42 Å². The summed E-state index contributed by atoms with van der Waals surface area (Å²) in [7, 11) is -3.20. The fourth-order valence-electron chi connectivity index (χ4n) is 2.44. The van der Waals surface area contributed by atoms with E-state index in [-0.39, 0.29) is 11.1 Å². The lowest BCUT2D eigenvalue weighted by Gasteiger charge is -2.24. The van der Waals surface area contributed by atoms with E-state index in [4.69, 9.17) is 11.6 Å². The van der Waals surface area contributed by atoms with Crippen molar-refractivity contribution in [2.45, 2.75) is 37.5 Å². The second-order valence-corrected chi connectivity index (χ2v) is 7.93. The van der Waals surface area contributed by atoms with Gasteiger partial charge in [-0.1, -0.05) is 0 Å². The third-order valence-corrected chi connectivity index (χ3v) is 5.56. The van der Waals surface area contributed by atoms with E-state index in [0.717, 1.165) is 31.2 Å². The highest BCUT2D eigenvalue weighted by atomic mass is 35.5.